The molecule has 1 aliphatic rings. The van der Waals surface area contributed by atoms with Gasteiger partial charge in [0, 0.05) is 0 Å². The molecule has 0 atom stereocenters. The first-order valence-corrected chi connectivity index (χ1v) is 7.35. The minimum Gasteiger partial charge on any atom is -0.165 e. The highest BCUT2D eigenvalue weighted by Crippen LogP contribution is 2.25. The maximum Gasteiger partial charge on any atom is 0.0586 e. The van der Waals surface area contributed by atoms with Crippen LogP contribution in [0.25, 0.3) is 0 Å². The molecule has 0 aliphatic carbocycles. The molecule has 1 heterocycles. The van der Waals surface area contributed by atoms with Crippen LogP contribution in [-0.2, 0) is 0 Å². The highest BCUT2D eigenvalue weighted by Gasteiger charge is 2.24. The fraction of sp³-hybridized carbons (Fsp3) is 1.00. The zero-order valence-electron chi connectivity index (χ0n) is 5.03. The van der Waals surface area contributed by atoms with Crippen LogP contribution in [0.15, 0.2) is 0 Å². The van der Waals surface area contributed by atoms with E-state index in [2.05, 4.69) is 24.9 Å². The molecular formula is C5H12SSi. The van der Waals surface area contributed by atoms with Crippen LogP contribution in [0, 0.1) is 0 Å². The van der Waals surface area contributed by atoms with Gasteiger partial charge in [-0.2, -0.15) is 11.8 Å². The molecule has 1 rings (SSSR count). The Hall–Kier alpha value is 0.567. The molecule has 0 radical (unpaired) electrons. The van der Waals surface area contributed by atoms with Gasteiger partial charge in [0.25, 0.3) is 0 Å². The second kappa shape index (κ2) is 1.82. The van der Waals surface area contributed by atoms with Crippen molar-refractivity contribution in [1.29, 1.82) is 0 Å². The highest BCUT2D eigenvalue weighted by atomic mass is 32.2. The normalized spacial score (nSPS) is 28.3. The molecule has 1 fully saturated rings. The van der Waals surface area contributed by atoms with E-state index in [1.54, 1.807) is 6.04 Å². The summed E-state index contributed by atoms with van der Waals surface area (Å²) in [6.07, 6.45) is 0. The van der Waals surface area contributed by atoms with Crippen LogP contribution in [0.4, 0.5) is 0 Å². The molecule has 1 saturated heterocycles. The lowest BCUT2D eigenvalue weighted by molar-refractivity contribution is 1.42. The molecule has 7 heavy (non-hydrogen) atoms. The van der Waals surface area contributed by atoms with E-state index in [1.165, 1.54) is 11.1 Å². The Labute approximate surface area is 50.7 Å². The SMILES string of the molecule is C[Si]1(C)CCSC1. The molecule has 1 aliphatic heterocycles. The summed E-state index contributed by atoms with van der Waals surface area (Å²) in [5.74, 6) is 1.44. The second-order valence-electron chi connectivity index (χ2n) is 2.97. The van der Waals surface area contributed by atoms with E-state index < -0.39 is 8.07 Å². The molecule has 0 bridgehead atoms. The second-order valence-corrected chi connectivity index (χ2v) is 9.77. The molecule has 0 aromatic carbocycles. The summed E-state index contributed by atoms with van der Waals surface area (Å²) in [5, 5.41) is 1.51. The molecule has 0 saturated carbocycles. The predicted molar refractivity (Wildman–Crippen MR) is 39.6 cm³/mol. The monoisotopic (exact) mass is 132 g/mol. The third kappa shape index (κ3) is 1.50. The molecular weight excluding hydrogens is 120 g/mol. The molecule has 0 aromatic heterocycles. The first-order valence-electron chi connectivity index (χ1n) is 2.78. The molecule has 0 amide bonds. The van der Waals surface area contributed by atoms with E-state index in [4.69, 9.17) is 0 Å². The highest BCUT2D eigenvalue weighted by molar-refractivity contribution is 8.01. The van der Waals surface area contributed by atoms with Crippen LogP contribution in [0.2, 0.25) is 19.1 Å². The van der Waals surface area contributed by atoms with Crippen molar-refractivity contribution < 1.29 is 0 Å². The van der Waals surface area contributed by atoms with Crippen molar-refractivity contribution in [1.82, 2.24) is 0 Å². The lowest BCUT2D eigenvalue weighted by Crippen LogP contribution is -2.23. The van der Waals surface area contributed by atoms with Gasteiger partial charge in [-0.25, -0.2) is 0 Å². The van der Waals surface area contributed by atoms with Gasteiger partial charge in [0.15, 0.2) is 0 Å². The van der Waals surface area contributed by atoms with Crippen LogP contribution < -0.4 is 0 Å². The Morgan fingerprint density at radius 2 is 2.14 bits per heavy atom. The van der Waals surface area contributed by atoms with Crippen molar-refractivity contribution in [2.24, 2.45) is 0 Å². The van der Waals surface area contributed by atoms with Gasteiger partial charge < -0.3 is 0 Å². The van der Waals surface area contributed by atoms with Gasteiger partial charge in [0.1, 0.15) is 0 Å². The zero-order valence-corrected chi connectivity index (χ0v) is 6.85. The van der Waals surface area contributed by atoms with Crippen LogP contribution >= 0.6 is 11.8 Å². The summed E-state index contributed by atoms with van der Waals surface area (Å²) in [4.78, 5) is 0. The topological polar surface area (TPSA) is 0 Å². The minimum absolute atomic E-state index is 0.577. The Morgan fingerprint density at radius 3 is 2.29 bits per heavy atom. The zero-order chi connectivity index (χ0) is 5.33. The summed E-state index contributed by atoms with van der Waals surface area (Å²) < 4.78 is 0. The Balaban J connectivity index is 2.40. The fourth-order valence-electron chi connectivity index (χ4n) is 0.769. The molecule has 0 nitrogen and oxygen atoms in total. The largest absolute Gasteiger partial charge is 0.165 e. The van der Waals surface area contributed by atoms with E-state index in [0.717, 1.165) is 0 Å². The smallest absolute Gasteiger partial charge is 0.0586 e. The summed E-state index contributed by atoms with van der Waals surface area (Å²) in [7, 11) is -0.577. The van der Waals surface area contributed by atoms with Crippen LogP contribution in [-0.4, -0.2) is 19.2 Å². The quantitative estimate of drug-likeness (QED) is 0.454. The Bertz CT molecular complexity index is 62.5. The van der Waals surface area contributed by atoms with Gasteiger partial charge in [-0.05, 0) is 17.2 Å². The fourth-order valence-corrected chi connectivity index (χ4v) is 6.92. The first kappa shape index (κ1) is 5.70. The molecule has 42 valence electrons. The molecule has 0 unspecified atom stereocenters. The van der Waals surface area contributed by atoms with E-state index in [1.807, 2.05) is 0 Å². The first-order chi connectivity index (χ1) is 3.21. The van der Waals surface area contributed by atoms with Crippen LogP contribution in [0.3, 0.4) is 0 Å². The third-order valence-corrected chi connectivity index (χ3v) is 7.82. The van der Waals surface area contributed by atoms with Crippen LogP contribution in [0.5, 0.6) is 0 Å². The van der Waals surface area contributed by atoms with E-state index >= 15 is 0 Å². The maximum absolute atomic E-state index is 2.48. The van der Waals surface area contributed by atoms with Gasteiger partial charge in [0.05, 0.1) is 8.07 Å². The molecule has 0 aromatic rings. The lowest BCUT2D eigenvalue weighted by Gasteiger charge is -2.09. The summed E-state index contributed by atoms with van der Waals surface area (Å²) in [5.41, 5.74) is 0. The summed E-state index contributed by atoms with van der Waals surface area (Å²) in [6.45, 7) is 4.96. The Kier molecular flexibility index (Phi) is 1.48. The van der Waals surface area contributed by atoms with E-state index in [0.29, 0.717) is 0 Å². The van der Waals surface area contributed by atoms with Gasteiger partial charge in [-0.15, -0.1) is 0 Å². The van der Waals surface area contributed by atoms with Gasteiger partial charge in [-0.1, -0.05) is 13.1 Å². The van der Waals surface area contributed by atoms with Crippen molar-refractivity contribution in [2.45, 2.75) is 19.1 Å². The molecule has 0 spiro atoms. The minimum atomic E-state index is -0.577. The third-order valence-electron chi connectivity index (χ3n) is 1.42. The van der Waals surface area contributed by atoms with E-state index in [-0.39, 0.29) is 0 Å². The average molecular weight is 132 g/mol. The standard InChI is InChI=1S/C5H12SSi/c1-7(2)4-3-6-5-7/h3-5H2,1-2H3. The Morgan fingerprint density at radius 1 is 1.43 bits per heavy atom. The number of thioether (sulfide) groups is 1. The molecule has 0 N–H and O–H groups in total. The van der Waals surface area contributed by atoms with Crippen molar-refractivity contribution in [3.05, 3.63) is 0 Å². The predicted octanol–water partition coefficient (Wildman–Crippen LogP) is 1.98. The summed E-state index contributed by atoms with van der Waals surface area (Å²) in [6, 6.07) is 1.55. The number of hydrogen-bond acceptors (Lipinski definition) is 1. The van der Waals surface area contributed by atoms with Gasteiger partial charge in [-0.3, -0.25) is 0 Å². The van der Waals surface area contributed by atoms with Crippen molar-refractivity contribution in [2.75, 3.05) is 11.1 Å². The van der Waals surface area contributed by atoms with Gasteiger partial charge >= 0.3 is 0 Å². The van der Waals surface area contributed by atoms with Gasteiger partial charge in [0.2, 0.25) is 0 Å². The van der Waals surface area contributed by atoms with Crippen molar-refractivity contribution >= 4 is 19.8 Å². The van der Waals surface area contributed by atoms with Crippen LogP contribution in [0.1, 0.15) is 0 Å². The molecule has 2 heteroatoms. The lowest BCUT2D eigenvalue weighted by atomic mass is 11.0. The number of hydrogen-bond donors (Lipinski definition) is 0. The summed E-state index contributed by atoms with van der Waals surface area (Å²) >= 11 is 2.14. The van der Waals surface area contributed by atoms with E-state index in [9.17, 15) is 0 Å². The maximum atomic E-state index is 2.48. The van der Waals surface area contributed by atoms with Crippen molar-refractivity contribution in [3.63, 3.8) is 0 Å². The number of rotatable bonds is 0. The average Bonchev–Trinajstić information content (AvgIpc) is 1.84. The van der Waals surface area contributed by atoms with Crippen molar-refractivity contribution in [3.8, 4) is 0 Å².